The van der Waals surface area contributed by atoms with Crippen LogP contribution in [0.4, 0.5) is 0 Å². The number of methoxy groups -OCH3 is 1. The highest BCUT2D eigenvalue weighted by Crippen LogP contribution is 2.28. The van der Waals surface area contributed by atoms with Crippen LogP contribution in [0, 0.1) is 0 Å². The Bertz CT molecular complexity index is 479. The predicted octanol–water partition coefficient (Wildman–Crippen LogP) is 2.05. The summed E-state index contributed by atoms with van der Waals surface area (Å²) in [5, 5.41) is 3.15. The Labute approximate surface area is 120 Å². The molecule has 0 aromatic heterocycles. The first-order chi connectivity index (χ1) is 8.93. The first-order valence-electron chi connectivity index (χ1n) is 5.40. The zero-order valence-corrected chi connectivity index (χ0v) is 11.9. The molecule has 1 rings (SSSR count). The topological polar surface area (TPSA) is 64.6 Å². The second kappa shape index (κ2) is 7.21. The van der Waals surface area contributed by atoms with Crippen molar-refractivity contribution in [2.24, 2.45) is 0 Å². The summed E-state index contributed by atoms with van der Waals surface area (Å²) in [4.78, 5) is 22.5. The molecule has 0 aliphatic carbocycles. The second-order valence-corrected chi connectivity index (χ2v) is 4.47. The average Bonchev–Trinajstić information content (AvgIpc) is 2.38. The van der Waals surface area contributed by atoms with Crippen LogP contribution in [0.15, 0.2) is 18.2 Å². The van der Waals surface area contributed by atoms with Gasteiger partial charge in [0.15, 0.2) is 6.10 Å². The van der Waals surface area contributed by atoms with Gasteiger partial charge in [-0.15, -0.1) is 0 Å². The van der Waals surface area contributed by atoms with Gasteiger partial charge in [0.2, 0.25) is 0 Å². The minimum atomic E-state index is -0.802. The van der Waals surface area contributed by atoms with E-state index in [1.165, 1.54) is 20.1 Å². The third kappa shape index (κ3) is 4.96. The van der Waals surface area contributed by atoms with Crippen LogP contribution in [-0.4, -0.2) is 31.6 Å². The zero-order valence-electron chi connectivity index (χ0n) is 10.4. The van der Waals surface area contributed by atoms with Crippen molar-refractivity contribution in [2.45, 2.75) is 13.0 Å². The molecular formula is C12H13Cl2NO4. The third-order valence-electron chi connectivity index (χ3n) is 2.20. The molecule has 0 fully saturated rings. The molecule has 0 saturated carbocycles. The summed E-state index contributed by atoms with van der Waals surface area (Å²) >= 11 is 11.7. The normalized spacial score (nSPS) is 11.6. The molecule has 1 amide bonds. The summed E-state index contributed by atoms with van der Waals surface area (Å²) in [6.45, 7) is 1.33. The molecule has 0 spiro atoms. The lowest BCUT2D eigenvalue weighted by Gasteiger charge is -2.15. The van der Waals surface area contributed by atoms with E-state index in [2.05, 4.69) is 10.1 Å². The van der Waals surface area contributed by atoms with Crippen molar-refractivity contribution < 1.29 is 19.1 Å². The molecular weight excluding hydrogens is 293 g/mol. The van der Waals surface area contributed by atoms with Gasteiger partial charge in [-0.25, -0.2) is 0 Å². The molecule has 1 aromatic carbocycles. The molecule has 1 N–H and O–H groups in total. The van der Waals surface area contributed by atoms with Crippen LogP contribution < -0.4 is 10.1 Å². The van der Waals surface area contributed by atoms with Crippen molar-refractivity contribution in [1.29, 1.82) is 0 Å². The first kappa shape index (κ1) is 15.6. The minimum Gasteiger partial charge on any atom is -0.479 e. The number of hydrogen-bond donors (Lipinski definition) is 1. The van der Waals surface area contributed by atoms with Gasteiger partial charge in [0.25, 0.3) is 5.91 Å². The van der Waals surface area contributed by atoms with Gasteiger partial charge in [0, 0.05) is 5.02 Å². The van der Waals surface area contributed by atoms with E-state index < -0.39 is 18.0 Å². The Morgan fingerprint density at radius 3 is 2.63 bits per heavy atom. The number of rotatable bonds is 5. The van der Waals surface area contributed by atoms with Gasteiger partial charge < -0.3 is 14.8 Å². The number of benzene rings is 1. The van der Waals surface area contributed by atoms with Gasteiger partial charge in [-0.3, -0.25) is 9.59 Å². The molecule has 1 unspecified atom stereocenters. The maximum Gasteiger partial charge on any atom is 0.325 e. The smallest absolute Gasteiger partial charge is 0.325 e. The fourth-order valence-corrected chi connectivity index (χ4v) is 1.64. The Kier molecular flexibility index (Phi) is 5.92. The summed E-state index contributed by atoms with van der Waals surface area (Å²) < 4.78 is 9.77. The van der Waals surface area contributed by atoms with Crippen molar-refractivity contribution >= 4 is 35.1 Å². The molecule has 0 radical (unpaired) electrons. The highest BCUT2D eigenvalue weighted by molar-refractivity contribution is 6.35. The molecule has 104 valence electrons. The number of nitrogens with one attached hydrogen (secondary N) is 1. The van der Waals surface area contributed by atoms with Crippen molar-refractivity contribution in [3.63, 3.8) is 0 Å². The molecule has 0 bridgehead atoms. The van der Waals surface area contributed by atoms with E-state index in [0.717, 1.165) is 0 Å². The maximum atomic E-state index is 11.6. The van der Waals surface area contributed by atoms with Crippen LogP contribution in [0.2, 0.25) is 10.0 Å². The molecule has 0 saturated heterocycles. The zero-order chi connectivity index (χ0) is 14.4. The summed E-state index contributed by atoms with van der Waals surface area (Å²) in [7, 11) is 1.24. The molecule has 0 aliphatic heterocycles. The number of carbonyl (C=O) groups excluding carboxylic acids is 2. The number of carbonyl (C=O) groups is 2. The van der Waals surface area contributed by atoms with Gasteiger partial charge in [-0.05, 0) is 25.1 Å². The van der Waals surface area contributed by atoms with E-state index in [4.69, 9.17) is 27.9 Å². The highest BCUT2D eigenvalue weighted by atomic mass is 35.5. The summed E-state index contributed by atoms with van der Waals surface area (Å²) in [6, 6.07) is 4.67. The molecule has 1 aromatic rings. The van der Waals surface area contributed by atoms with Crippen molar-refractivity contribution in [3.05, 3.63) is 28.2 Å². The second-order valence-electron chi connectivity index (χ2n) is 3.63. The van der Waals surface area contributed by atoms with Crippen molar-refractivity contribution in [1.82, 2.24) is 5.32 Å². The van der Waals surface area contributed by atoms with E-state index in [0.29, 0.717) is 15.8 Å². The summed E-state index contributed by atoms with van der Waals surface area (Å²) in [5.74, 6) is -0.645. The fourth-order valence-electron chi connectivity index (χ4n) is 1.19. The lowest BCUT2D eigenvalue weighted by Crippen LogP contribution is -2.39. The van der Waals surface area contributed by atoms with Gasteiger partial charge in [0.05, 0.1) is 12.1 Å². The third-order valence-corrected chi connectivity index (χ3v) is 2.73. The first-order valence-corrected chi connectivity index (χ1v) is 6.16. The number of amides is 1. The summed E-state index contributed by atoms with van der Waals surface area (Å²) in [6.07, 6.45) is -0.802. The van der Waals surface area contributed by atoms with Gasteiger partial charge in [-0.1, -0.05) is 23.2 Å². The quantitative estimate of drug-likeness (QED) is 0.846. The lowest BCUT2D eigenvalue weighted by molar-refractivity contribution is -0.141. The highest BCUT2D eigenvalue weighted by Gasteiger charge is 2.17. The number of esters is 1. The average molecular weight is 306 g/mol. The Morgan fingerprint density at radius 2 is 2.05 bits per heavy atom. The maximum absolute atomic E-state index is 11.6. The van der Waals surface area contributed by atoms with Gasteiger partial charge >= 0.3 is 5.97 Å². The Hall–Kier alpha value is -1.46. The lowest BCUT2D eigenvalue weighted by atomic mass is 10.3. The van der Waals surface area contributed by atoms with Gasteiger partial charge in [-0.2, -0.15) is 0 Å². The minimum absolute atomic E-state index is 0.211. The van der Waals surface area contributed by atoms with E-state index in [-0.39, 0.29) is 6.54 Å². The monoisotopic (exact) mass is 305 g/mol. The summed E-state index contributed by atoms with van der Waals surface area (Å²) in [5.41, 5.74) is 0. The van der Waals surface area contributed by atoms with Crippen molar-refractivity contribution in [2.75, 3.05) is 13.7 Å². The van der Waals surface area contributed by atoms with E-state index in [9.17, 15) is 9.59 Å². The predicted molar refractivity (Wildman–Crippen MR) is 71.6 cm³/mol. The van der Waals surface area contributed by atoms with E-state index >= 15 is 0 Å². The van der Waals surface area contributed by atoms with Crippen LogP contribution >= 0.6 is 23.2 Å². The number of hydrogen-bond acceptors (Lipinski definition) is 4. The molecule has 0 heterocycles. The number of halogens is 2. The van der Waals surface area contributed by atoms with Crippen LogP contribution in [-0.2, 0) is 14.3 Å². The SMILES string of the molecule is COC(=O)CNC(=O)C(C)Oc1ccc(Cl)cc1Cl. The Morgan fingerprint density at radius 1 is 1.37 bits per heavy atom. The number of ether oxygens (including phenoxy) is 2. The van der Waals surface area contributed by atoms with E-state index in [1.54, 1.807) is 12.1 Å². The van der Waals surface area contributed by atoms with Crippen LogP contribution in [0.25, 0.3) is 0 Å². The molecule has 19 heavy (non-hydrogen) atoms. The van der Waals surface area contributed by atoms with Crippen LogP contribution in [0.5, 0.6) is 5.75 Å². The molecule has 7 heteroatoms. The molecule has 1 atom stereocenters. The fraction of sp³-hybridized carbons (Fsp3) is 0.333. The van der Waals surface area contributed by atoms with Crippen molar-refractivity contribution in [3.8, 4) is 5.75 Å². The Balaban J connectivity index is 2.56. The largest absolute Gasteiger partial charge is 0.479 e. The molecule has 5 nitrogen and oxygen atoms in total. The van der Waals surface area contributed by atoms with E-state index in [1.807, 2.05) is 0 Å². The van der Waals surface area contributed by atoms with Crippen LogP contribution in [0.3, 0.4) is 0 Å². The standard InChI is InChI=1S/C12H13Cl2NO4/c1-7(12(17)15-6-11(16)18-2)19-10-4-3-8(13)5-9(10)14/h3-5,7H,6H2,1-2H3,(H,15,17). The van der Waals surface area contributed by atoms with Crippen LogP contribution in [0.1, 0.15) is 6.92 Å². The molecule has 0 aliphatic rings. The van der Waals surface area contributed by atoms with Gasteiger partial charge in [0.1, 0.15) is 12.3 Å².